The first kappa shape index (κ1) is 36.3. The summed E-state index contributed by atoms with van der Waals surface area (Å²) in [4.78, 5) is 13.3. The number of allylic oxidation sites excluding steroid dienone is 3. The van der Waals surface area contributed by atoms with Crippen molar-refractivity contribution in [1.29, 1.82) is 5.26 Å². The monoisotopic (exact) mass is 719 g/mol. The summed E-state index contributed by atoms with van der Waals surface area (Å²) in [7, 11) is -3.44. The maximum atomic E-state index is 14.7. The normalized spacial score (nSPS) is 19.7. The van der Waals surface area contributed by atoms with Crippen LogP contribution in [0.25, 0.3) is 11.1 Å². The van der Waals surface area contributed by atoms with Crippen LogP contribution in [0.2, 0.25) is 0 Å². The second-order valence-corrected chi connectivity index (χ2v) is 15.6. The van der Waals surface area contributed by atoms with Crippen LogP contribution in [0.3, 0.4) is 0 Å². The third-order valence-corrected chi connectivity index (χ3v) is 8.62. The Hall–Kier alpha value is -3.15. The number of hydrogen-bond acceptors (Lipinski definition) is 5. The molecule has 2 aromatic carbocycles. The van der Waals surface area contributed by atoms with E-state index in [-0.39, 0.29) is 16.9 Å². The number of sulfone groups is 1. The number of nitriles is 1. The molecule has 0 spiro atoms. The topological polar surface area (TPSA) is 99.1 Å². The molecule has 45 heavy (non-hydrogen) atoms. The van der Waals surface area contributed by atoms with Crippen molar-refractivity contribution in [2.75, 3.05) is 6.26 Å². The van der Waals surface area contributed by atoms with Crippen molar-refractivity contribution in [3.63, 3.8) is 0 Å². The number of hydrogen-bond donors (Lipinski definition) is 2. The Morgan fingerprint density at radius 3 is 2.02 bits per heavy atom. The van der Waals surface area contributed by atoms with Gasteiger partial charge in [-0.25, -0.2) is 21.6 Å². The van der Waals surface area contributed by atoms with E-state index in [0.29, 0.717) is 11.1 Å². The minimum absolute atomic E-state index is 0.0760. The summed E-state index contributed by atoms with van der Waals surface area (Å²) in [6.45, 7) is 3.68. The first-order chi connectivity index (χ1) is 20.6. The maximum absolute atomic E-state index is 14.7. The minimum Gasteiger partial charge on any atom is -0.339 e. The van der Waals surface area contributed by atoms with Gasteiger partial charge in [0.2, 0.25) is 5.91 Å². The van der Waals surface area contributed by atoms with Gasteiger partial charge in [0.1, 0.15) is 29.4 Å². The Bertz CT molecular complexity index is 1610. The van der Waals surface area contributed by atoms with E-state index in [1.54, 1.807) is 6.07 Å². The van der Waals surface area contributed by atoms with Crippen molar-refractivity contribution in [3.05, 3.63) is 77.4 Å². The second-order valence-electron chi connectivity index (χ2n) is 11.8. The van der Waals surface area contributed by atoms with E-state index in [9.17, 15) is 44.8 Å². The molecule has 244 valence electrons. The van der Waals surface area contributed by atoms with Gasteiger partial charge in [0.25, 0.3) is 0 Å². The largest absolute Gasteiger partial charge is 0.407 e. The maximum Gasteiger partial charge on any atom is 0.407 e. The first-order valence-electron chi connectivity index (χ1n) is 13.7. The van der Waals surface area contributed by atoms with E-state index in [0.717, 1.165) is 26.2 Å². The molecule has 0 radical (unpaired) electrons. The zero-order chi connectivity index (χ0) is 34.0. The molecule has 14 heteroatoms. The van der Waals surface area contributed by atoms with Crippen LogP contribution in [0.15, 0.2) is 76.7 Å². The van der Waals surface area contributed by atoms with Gasteiger partial charge in [-0.3, -0.25) is 10.1 Å². The smallest absolute Gasteiger partial charge is 0.339 e. The fraction of sp³-hybridized carbons (Fsp3) is 0.419. The molecule has 1 unspecified atom stereocenters. The molecule has 1 aliphatic carbocycles. The lowest BCUT2D eigenvalue weighted by atomic mass is 9.92. The van der Waals surface area contributed by atoms with Gasteiger partial charge in [-0.15, -0.1) is 0 Å². The zero-order valence-electron chi connectivity index (χ0n) is 24.8. The molecule has 0 aromatic heterocycles. The van der Waals surface area contributed by atoms with Gasteiger partial charge < -0.3 is 5.32 Å². The molecule has 0 bridgehead atoms. The molecule has 0 aliphatic heterocycles. The van der Waals surface area contributed by atoms with Gasteiger partial charge in [-0.2, -0.15) is 18.4 Å². The third-order valence-electron chi connectivity index (χ3n) is 6.99. The lowest BCUT2D eigenvalue weighted by Gasteiger charge is -2.30. The van der Waals surface area contributed by atoms with Crippen LogP contribution >= 0.6 is 15.9 Å². The number of rotatable bonds is 11. The lowest BCUT2D eigenvalue weighted by Crippen LogP contribution is -2.52. The molecule has 0 saturated heterocycles. The van der Waals surface area contributed by atoms with Crippen LogP contribution in [0.1, 0.15) is 51.6 Å². The number of benzene rings is 2. The molecule has 1 amide bonds. The van der Waals surface area contributed by atoms with Crippen LogP contribution in [-0.2, 0) is 14.6 Å². The number of alkyl halides is 5. The first-order valence-corrected chi connectivity index (χ1v) is 16.4. The molecular weight excluding hydrogens is 688 g/mol. The van der Waals surface area contributed by atoms with Crippen molar-refractivity contribution in [1.82, 2.24) is 10.6 Å². The molecule has 6 nitrogen and oxygen atoms in total. The van der Waals surface area contributed by atoms with E-state index in [2.05, 4.69) is 26.6 Å². The molecule has 2 N–H and O–H groups in total. The van der Waals surface area contributed by atoms with Crippen LogP contribution in [0.4, 0.5) is 26.3 Å². The van der Waals surface area contributed by atoms with E-state index in [1.807, 2.05) is 0 Å². The Kier molecular flexibility index (Phi) is 11.0. The van der Waals surface area contributed by atoms with Crippen LogP contribution < -0.4 is 10.6 Å². The Labute approximate surface area is 266 Å². The van der Waals surface area contributed by atoms with Gasteiger partial charge in [0.15, 0.2) is 9.84 Å². The summed E-state index contributed by atoms with van der Waals surface area (Å²) in [6, 6.07) is 6.81. The Morgan fingerprint density at radius 1 is 1.04 bits per heavy atom. The number of nitrogens with zero attached hydrogens (tertiary/aromatic N) is 1. The minimum atomic E-state index is -4.95. The van der Waals surface area contributed by atoms with E-state index in [4.69, 9.17) is 0 Å². The van der Waals surface area contributed by atoms with Crippen molar-refractivity contribution in [2.24, 2.45) is 0 Å². The second kappa shape index (κ2) is 13.7. The van der Waals surface area contributed by atoms with Gasteiger partial charge in [0.05, 0.1) is 21.3 Å². The quantitative estimate of drug-likeness (QED) is 0.185. The van der Waals surface area contributed by atoms with Crippen molar-refractivity contribution < 1.29 is 39.6 Å². The molecule has 2 aromatic rings. The summed E-state index contributed by atoms with van der Waals surface area (Å²) in [6.07, 6.45) is -4.33. The van der Waals surface area contributed by atoms with Crippen molar-refractivity contribution >= 4 is 31.7 Å². The Morgan fingerprint density at radius 2 is 1.58 bits per heavy atom. The third kappa shape index (κ3) is 10.2. The number of halogens is 7. The van der Waals surface area contributed by atoms with E-state index in [1.165, 1.54) is 55.5 Å². The highest BCUT2D eigenvalue weighted by atomic mass is 79.9. The van der Waals surface area contributed by atoms with Crippen LogP contribution in [0, 0.1) is 11.3 Å². The Balaban J connectivity index is 1.86. The van der Waals surface area contributed by atoms with Crippen LogP contribution in [0.5, 0.6) is 0 Å². The predicted molar refractivity (Wildman–Crippen MR) is 162 cm³/mol. The molecule has 0 heterocycles. The predicted octanol–water partition coefficient (Wildman–Crippen LogP) is 7.49. The summed E-state index contributed by atoms with van der Waals surface area (Å²) in [5.74, 6) is -2.95. The highest BCUT2D eigenvalue weighted by molar-refractivity contribution is 9.10. The lowest BCUT2D eigenvalue weighted by molar-refractivity contribution is -0.161. The average molecular weight is 721 g/mol. The summed E-state index contributed by atoms with van der Waals surface area (Å²) in [5.41, 5.74) is -1.84. The fourth-order valence-electron chi connectivity index (χ4n) is 4.81. The average Bonchev–Trinajstić information content (AvgIpc) is 2.90. The van der Waals surface area contributed by atoms with Gasteiger partial charge >= 0.3 is 6.18 Å². The van der Waals surface area contributed by atoms with Crippen molar-refractivity contribution in [2.45, 2.75) is 79.2 Å². The molecular formula is C31H32BrF6N3O3S. The molecule has 0 fully saturated rings. The highest BCUT2D eigenvalue weighted by Gasteiger charge is 2.44. The number of carbonyl (C=O) groups is 1. The highest BCUT2D eigenvalue weighted by Crippen LogP contribution is 2.40. The fourth-order valence-corrected chi connectivity index (χ4v) is 5.89. The number of carbonyl (C=O) groups excluding carboxylic acids is 1. The van der Waals surface area contributed by atoms with E-state index < -0.39 is 80.1 Å². The SMILES string of the molecule is CC(C)(F)C[C@H](N[C@@H](c1ccc(-c2ccc(S(C)(=O)=O)cc2)cc1)C(F)(F)F)C(=O)N[C@H](C#N)CC1=C(F)CC(C)(Br)C=C1F. The standard InChI is InChI=1S/C31H32BrF6N3O3S/c1-29(2,35)16-26(28(42)40-21(17-39)13-23-24(33)14-30(3,32)15-25(23)34)41-27(31(36,37)38)20-7-5-18(6-8-20)19-9-11-22(12-10-19)45(4,43)44/h5-12,14,21,26-27,41H,13,15-16H2,1-4H3,(H,40,42)/t21-,26-,27-,30?/m0/s1. The molecule has 4 atom stereocenters. The number of amides is 1. The number of nitrogens with one attached hydrogen (secondary N) is 2. The van der Waals surface area contributed by atoms with E-state index >= 15 is 0 Å². The summed E-state index contributed by atoms with van der Waals surface area (Å²) < 4.78 is 109. The molecule has 1 aliphatic rings. The molecule has 3 rings (SSSR count). The van der Waals surface area contributed by atoms with Gasteiger partial charge in [0, 0.05) is 31.1 Å². The summed E-state index contributed by atoms with van der Waals surface area (Å²) in [5, 5.41) is 14.0. The molecule has 0 saturated carbocycles. The van der Waals surface area contributed by atoms with Crippen molar-refractivity contribution in [3.8, 4) is 17.2 Å². The van der Waals surface area contributed by atoms with Gasteiger partial charge in [-0.05, 0) is 55.7 Å². The summed E-state index contributed by atoms with van der Waals surface area (Å²) >= 11 is 3.17. The van der Waals surface area contributed by atoms with Crippen LogP contribution in [-0.4, -0.2) is 48.8 Å². The van der Waals surface area contributed by atoms with Gasteiger partial charge in [-0.1, -0.05) is 52.3 Å². The zero-order valence-corrected chi connectivity index (χ0v) is 27.2.